The number of methoxy groups -OCH3 is 1. The number of nitrogens with two attached hydrogens (primary N) is 1. The van der Waals surface area contributed by atoms with Crippen molar-refractivity contribution in [1.82, 2.24) is 4.90 Å². The minimum Gasteiger partial charge on any atom is -0.497 e. The Morgan fingerprint density at radius 3 is 2.56 bits per heavy atom. The van der Waals surface area contributed by atoms with E-state index in [-0.39, 0.29) is 12.5 Å². The molecule has 1 aromatic rings. The second kappa shape index (κ2) is 6.86. The van der Waals surface area contributed by atoms with Crippen molar-refractivity contribution in [3.63, 3.8) is 0 Å². The molecule has 0 aliphatic carbocycles. The molecule has 1 rings (SSSR count). The number of carbonyl (C=O) groups excluding carboxylic acids is 1. The number of ether oxygens (including phenoxy) is 2. The van der Waals surface area contributed by atoms with Crippen molar-refractivity contribution in [3.05, 3.63) is 23.8 Å². The molecule has 0 radical (unpaired) electrons. The second-order valence-corrected chi connectivity index (χ2v) is 3.92. The Balaban J connectivity index is 2.69. The summed E-state index contributed by atoms with van der Waals surface area (Å²) in [6.07, 6.45) is 0. The minimum absolute atomic E-state index is 0.0154. The van der Waals surface area contributed by atoms with Crippen molar-refractivity contribution in [2.75, 3.05) is 27.3 Å². The van der Waals surface area contributed by atoms with Crippen LogP contribution < -0.4 is 15.2 Å². The van der Waals surface area contributed by atoms with Gasteiger partial charge in [-0.15, -0.1) is 0 Å². The van der Waals surface area contributed by atoms with Crippen molar-refractivity contribution in [2.24, 2.45) is 5.73 Å². The Morgan fingerprint density at radius 2 is 2.00 bits per heavy atom. The summed E-state index contributed by atoms with van der Waals surface area (Å²) in [6.45, 7) is 2.99. The third-order valence-corrected chi connectivity index (χ3v) is 2.67. The number of carbonyl (C=O) groups is 1. The molecule has 18 heavy (non-hydrogen) atoms. The first-order valence-corrected chi connectivity index (χ1v) is 5.85. The topological polar surface area (TPSA) is 64.8 Å². The Morgan fingerprint density at radius 1 is 1.33 bits per heavy atom. The Hall–Kier alpha value is -1.75. The lowest BCUT2D eigenvalue weighted by Gasteiger charge is -2.15. The van der Waals surface area contributed by atoms with Gasteiger partial charge in [-0.3, -0.25) is 4.79 Å². The van der Waals surface area contributed by atoms with Crippen LogP contribution in [0.15, 0.2) is 18.2 Å². The molecular formula is C13H20N2O3. The largest absolute Gasteiger partial charge is 0.497 e. The molecule has 1 aromatic carbocycles. The van der Waals surface area contributed by atoms with Gasteiger partial charge in [0.15, 0.2) is 6.61 Å². The summed E-state index contributed by atoms with van der Waals surface area (Å²) in [7, 11) is 3.32. The van der Waals surface area contributed by atoms with Gasteiger partial charge in [-0.25, -0.2) is 0 Å². The molecule has 0 heterocycles. The second-order valence-electron chi connectivity index (χ2n) is 3.92. The predicted octanol–water partition coefficient (Wildman–Crippen LogP) is 1.01. The molecule has 0 aliphatic rings. The maximum Gasteiger partial charge on any atom is 0.260 e. The molecule has 100 valence electrons. The van der Waals surface area contributed by atoms with Crippen LogP contribution in [0.5, 0.6) is 11.5 Å². The van der Waals surface area contributed by atoms with E-state index in [1.54, 1.807) is 25.1 Å². The molecule has 1 amide bonds. The minimum atomic E-state index is -0.0605. The molecular weight excluding hydrogens is 232 g/mol. The molecule has 5 nitrogen and oxygen atoms in total. The van der Waals surface area contributed by atoms with E-state index < -0.39 is 0 Å². The lowest BCUT2D eigenvalue weighted by Crippen LogP contribution is -2.31. The maximum atomic E-state index is 11.6. The van der Waals surface area contributed by atoms with Crippen LogP contribution in [0.3, 0.4) is 0 Å². The van der Waals surface area contributed by atoms with E-state index in [9.17, 15) is 4.79 Å². The molecule has 0 saturated carbocycles. The quantitative estimate of drug-likeness (QED) is 0.820. The molecule has 0 atom stereocenters. The number of hydrogen-bond donors (Lipinski definition) is 1. The van der Waals surface area contributed by atoms with Crippen LogP contribution in [0.25, 0.3) is 0 Å². The highest BCUT2D eigenvalue weighted by Gasteiger charge is 2.08. The Kier molecular flexibility index (Phi) is 5.45. The summed E-state index contributed by atoms with van der Waals surface area (Å²) in [4.78, 5) is 13.2. The maximum absolute atomic E-state index is 11.6. The SMILES string of the molecule is CCN(C)C(=O)COc1cc(CN)cc(OC)c1. The molecule has 0 aromatic heterocycles. The fraction of sp³-hybridized carbons (Fsp3) is 0.462. The number of rotatable bonds is 6. The van der Waals surface area contributed by atoms with Crippen molar-refractivity contribution in [1.29, 1.82) is 0 Å². The molecule has 5 heteroatoms. The van der Waals surface area contributed by atoms with E-state index in [4.69, 9.17) is 15.2 Å². The number of hydrogen-bond acceptors (Lipinski definition) is 4. The summed E-state index contributed by atoms with van der Waals surface area (Å²) < 4.78 is 10.6. The predicted molar refractivity (Wildman–Crippen MR) is 69.7 cm³/mol. The molecule has 0 aliphatic heterocycles. The number of amides is 1. The number of benzene rings is 1. The lowest BCUT2D eigenvalue weighted by atomic mass is 10.2. The van der Waals surface area contributed by atoms with E-state index in [0.717, 1.165) is 5.56 Å². The van der Waals surface area contributed by atoms with Crippen LogP contribution in [-0.4, -0.2) is 38.1 Å². The third-order valence-electron chi connectivity index (χ3n) is 2.67. The van der Waals surface area contributed by atoms with Crippen LogP contribution in [0.1, 0.15) is 12.5 Å². The standard InChI is InChI=1S/C13H20N2O3/c1-4-15(2)13(16)9-18-12-6-10(8-14)5-11(7-12)17-3/h5-7H,4,8-9,14H2,1-3H3. The first-order valence-electron chi connectivity index (χ1n) is 5.85. The highest BCUT2D eigenvalue weighted by atomic mass is 16.5. The summed E-state index contributed by atoms with van der Waals surface area (Å²) in [5.41, 5.74) is 6.49. The third kappa shape index (κ3) is 3.92. The van der Waals surface area contributed by atoms with E-state index in [1.165, 1.54) is 0 Å². The fourth-order valence-corrected chi connectivity index (χ4v) is 1.38. The van der Waals surface area contributed by atoms with Crippen molar-refractivity contribution in [3.8, 4) is 11.5 Å². The summed E-state index contributed by atoms with van der Waals surface area (Å²) in [5.74, 6) is 1.20. The monoisotopic (exact) mass is 252 g/mol. The number of likely N-dealkylation sites (N-methyl/N-ethyl adjacent to an activating group) is 1. The average Bonchev–Trinajstić information content (AvgIpc) is 2.43. The van der Waals surface area contributed by atoms with Crippen LogP contribution in [0.2, 0.25) is 0 Å². The summed E-state index contributed by atoms with van der Waals surface area (Å²) in [6, 6.07) is 5.38. The summed E-state index contributed by atoms with van der Waals surface area (Å²) in [5, 5.41) is 0. The molecule has 2 N–H and O–H groups in total. The lowest BCUT2D eigenvalue weighted by molar-refractivity contribution is -0.131. The molecule has 0 saturated heterocycles. The van der Waals surface area contributed by atoms with Gasteiger partial charge in [0, 0.05) is 26.2 Å². The van der Waals surface area contributed by atoms with Gasteiger partial charge < -0.3 is 20.1 Å². The Bertz CT molecular complexity index is 385. The summed E-state index contributed by atoms with van der Waals surface area (Å²) >= 11 is 0. The fourth-order valence-electron chi connectivity index (χ4n) is 1.38. The van der Waals surface area contributed by atoms with Gasteiger partial charge in [-0.1, -0.05) is 0 Å². The van der Waals surface area contributed by atoms with Gasteiger partial charge in [0.25, 0.3) is 5.91 Å². The highest BCUT2D eigenvalue weighted by molar-refractivity contribution is 5.77. The normalized spacial score (nSPS) is 10.0. The van der Waals surface area contributed by atoms with Gasteiger partial charge in [0.2, 0.25) is 0 Å². The van der Waals surface area contributed by atoms with Crippen LogP contribution >= 0.6 is 0 Å². The number of nitrogens with zero attached hydrogens (tertiary/aromatic N) is 1. The van der Waals surface area contributed by atoms with Gasteiger partial charge in [-0.2, -0.15) is 0 Å². The van der Waals surface area contributed by atoms with Gasteiger partial charge in [0.1, 0.15) is 11.5 Å². The molecule has 0 unspecified atom stereocenters. The van der Waals surface area contributed by atoms with Gasteiger partial charge >= 0.3 is 0 Å². The first kappa shape index (κ1) is 14.3. The van der Waals surface area contributed by atoms with Crippen molar-refractivity contribution < 1.29 is 14.3 Å². The average molecular weight is 252 g/mol. The first-order chi connectivity index (χ1) is 8.60. The zero-order chi connectivity index (χ0) is 13.5. The van der Waals surface area contributed by atoms with E-state index in [2.05, 4.69) is 0 Å². The van der Waals surface area contributed by atoms with Gasteiger partial charge in [0.05, 0.1) is 7.11 Å². The molecule has 0 fully saturated rings. The van der Waals surface area contributed by atoms with Crippen LogP contribution in [0.4, 0.5) is 0 Å². The van der Waals surface area contributed by atoms with E-state index in [0.29, 0.717) is 24.6 Å². The zero-order valence-electron chi connectivity index (χ0n) is 11.1. The molecule has 0 bridgehead atoms. The van der Waals surface area contributed by atoms with E-state index >= 15 is 0 Å². The van der Waals surface area contributed by atoms with Crippen LogP contribution in [0, 0.1) is 0 Å². The highest BCUT2D eigenvalue weighted by Crippen LogP contribution is 2.22. The van der Waals surface area contributed by atoms with E-state index in [1.807, 2.05) is 19.1 Å². The van der Waals surface area contributed by atoms with Crippen LogP contribution in [-0.2, 0) is 11.3 Å². The molecule has 0 spiro atoms. The smallest absolute Gasteiger partial charge is 0.260 e. The van der Waals surface area contributed by atoms with Gasteiger partial charge in [-0.05, 0) is 24.6 Å². The van der Waals surface area contributed by atoms with Crippen molar-refractivity contribution >= 4 is 5.91 Å². The van der Waals surface area contributed by atoms with Crippen molar-refractivity contribution in [2.45, 2.75) is 13.5 Å². The Labute approximate surface area is 107 Å². The zero-order valence-corrected chi connectivity index (χ0v) is 11.1.